The summed E-state index contributed by atoms with van der Waals surface area (Å²) >= 11 is 3.35. The lowest BCUT2D eigenvalue weighted by Crippen LogP contribution is -2.20. The van der Waals surface area contributed by atoms with Crippen molar-refractivity contribution < 1.29 is 14.3 Å². The molecule has 1 atom stereocenters. The number of benzene rings is 2. The molecular formula is C18H20BrNO3. The van der Waals surface area contributed by atoms with Crippen molar-refractivity contribution in [2.45, 2.75) is 26.4 Å². The van der Waals surface area contributed by atoms with Crippen LogP contribution in [-0.4, -0.2) is 18.6 Å². The zero-order chi connectivity index (χ0) is 16.7. The van der Waals surface area contributed by atoms with E-state index in [4.69, 9.17) is 9.47 Å². The van der Waals surface area contributed by atoms with Crippen molar-refractivity contribution in [1.82, 2.24) is 0 Å². The summed E-state index contributed by atoms with van der Waals surface area (Å²) in [5.41, 5.74) is 0.714. The molecular weight excluding hydrogens is 358 g/mol. The van der Waals surface area contributed by atoms with Crippen LogP contribution in [0.1, 0.15) is 20.3 Å². The molecule has 122 valence electrons. The molecule has 0 aliphatic carbocycles. The molecule has 0 fully saturated rings. The number of amides is 1. The van der Waals surface area contributed by atoms with Crippen molar-refractivity contribution in [3.05, 3.63) is 53.0 Å². The van der Waals surface area contributed by atoms with E-state index in [1.165, 1.54) is 0 Å². The van der Waals surface area contributed by atoms with Crippen molar-refractivity contribution in [2.75, 3.05) is 11.9 Å². The van der Waals surface area contributed by atoms with Crippen LogP contribution in [0, 0.1) is 0 Å². The fourth-order valence-electron chi connectivity index (χ4n) is 1.81. The molecule has 0 spiro atoms. The van der Waals surface area contributed by atoms with Crippen LogP contribution in [0.3, 0.4) is 0 Å². The number of ether oxygens (including phenoxy) is 2. The number of anilines is 1. The van der Waals surface area contributed by atoms with Gasteiger partial charge in [-0.15, -0.1) is 0 Å². The zero-order valence-electron chi connectivity index (χ0n) is 13.2. The van der Waals surface area contributed by atoms with Gasteiger partial charge in [0.05, 0.1) is 6.10 Å². The zero-order valence-corrected chi connectivity index (χ0v) is 14.8. The normalized spacial score (nSPS) is 11.6. The third-order valence-corrected chi connectivity index (χ3v) is 3.76. The first kappa shape index (κ1) is 17.3. The van der Waals surface area contributed by atoms with E-state index < -0.39 is 0 Å². The number of hydrogen-bond acceptors (Lipinski definition) is 3. The number of nitrogens with one attached hydrogen (secondary N) is 1. The third kappa shape index (κ3) is 5.94. The SMILES string of the molecule is CCC(C)Oc1ccc(NC(=O)COc2ccc(Br)cc2)cc1. The van der Waals surface area contributed by atoms with Crippen LogP contribution < -0.4 is 14.8 Å². The minimum Gasteiger partial charge on any atom is -0.491 e. The van der Waals surface area contributed by atoms with Crippen molar-refractivity contribution in [3.63, 3.8) is 0 Å². The highest BCUT2D eigenvalue weighted by molar-refractivity contribution is 9.10. The summed E-state index contributed by atoms with van der Waals surface area (Å²) in [4.78, 5) is 11.9. The molecule has 2 aromatic carbocycles. The predicted molar refractivity (Wildman–Crippen MR) is 95.1 cm³/mol. The topological polar surface area (TPSA) is 47.6 Å². The maximum Gasteiger partial charge on any atom is 0.262 e. The maximum absolute atomic E-state index is 11.9. The molecule has 0 heterocycles. The van der Waals surface area contributed by atoms with Gasteiger partial charge in [0.15, 0.2) is 6.61 Å². The maximum atomic E-state index is 11.9. The summed E-state index contributed by atoms with van der Waals surface area (Å²) < 4.78 is 12.1. The van der Waals surface area contributed by atoms with Gasteiger partial charge in [-0.05, 0) is 61.9 Å². The van der Waals surface area contributed by atoms with Crippen LogP contribution in [0.2, 0.25) is 0 Å². The first-order chi connectivity index (χ1) is 11.1. The second-order valence-corrected chi connectivity index (χ2v) is 6.07. The van der Waals surface area contributed by atoms with Crippen LogP contribution in [0.5, 0.6) is 11.5 Å². The van der Waals surface area contributed by atoms with E-state index in [0.717, 1.165) is 16.6 Å². The lowest BCUT2D eigenvalue weighted by molar-refractivity contribution is -0.118. The van der Waals surface area contributed by atoms with E-state index >= 15 is 0 Å². The molecule has 0 saturated carbocycles. The number of carbonyl (C=O) groups is 1. The van der Waals surface area contributed by atoms with Crippen molar-refractivity contribution in [1.29, 1.82) is 0 Å². The molecule has 1 unspecified atom stereocenters. The van der Waals surface area contributed by atoms with E-state index in [9.17, 15) is 4.79 Å². The largest absolute Gasteiger partial charge is 0.491 e. The molecule has 0 aromatic heterocycles. The molecule has 2 aromatic rings. The van der Waals surface area contributed by atoms with Gasteiger partial charge < -0.3 is 14.8 Å². The van der Waals surface area contributed by atoms with Gasteiger partial charge in [-0.2, -0.15) is 0 Å². The monoisotopic (exact) mass is 377 g/mol. The Morgan fingerprint density at radius 2 is 1.70 bits per heavy atom. The van der Waals surface area contributed by atoms with Gasteiger partial charge in [0.2, 0.25) is 0 Å². The van der Waals surface area contributed by atoms with Gasteiger partial charge in [-0.1, -0.05) is 22.9 Å². The van der Waals surface area contributed by atoms with Crippen LogP contribution in [0.25, 0.3) is 0 Å². The molecule has 23 heavy (non-hydrogen) atoms. The first-order valence-electron chi connectivity index (χ1n) is 7.51. The summed E-state index contributed by atoms with van der Waals surface area (Å²) in [5, 5.41) is 2.79. The molecule has 1 N–H and O–H groups in total. The highest BCUT2D eigenvalue weighted by Crippen LogP contribution is 2.18. The quantitative estimate of drug-likeness (QED) is 0.763. The van der Waals surface area contributed by atoms with Crippen molar-refractivity contribution in [2.24, 2.45) is 0 Å². The highest BCUT2D eigenvalue weighted by Gasteiger charge is 2.05. The van der Waals surface area contributed by atoms with E-state index in [2.05, 4.69) is 28.2 Å². The molecule has 4 nitrogen and oxygen atoms in total. The standard InChI is InChI=1S/C18H20BrNO3/c1-3-13(2)23-17-10-6-15(7-11-17)20-18(21)12-22-16-8-4-14(19)5-9-16/h4-11,13H,3,12H2,1-2H3,(H,20,21). The molecule has 2 rings (SSSR count). The van der Waals surface area contributed by atoms with Gasteiger partial charge in [0.25, 0.3) is 5.91 Å². The average Bonchev–Trinajstić information content (AvgIpc) is 2.56. The Hall–Kier alpha value is -2.01. The Morgan fingerprint density at radius 3 is 2.30 bits per heavy atom. The van der Waals surface area contributed by atoms with E-state index in [0.29, 0.717) is 11.4 Å². The van der Waals surface area contributed by atoms with E-state index in [-0.39, 0.29) is 18.6 Å². The fourth-order valence-corrected chi connectivity index (χ4v) is 2.07. The predicted octanol–water partition coefficient (Wildman–Crippen LogP) is 4.64. The summed E-state index contributed by atoms with van der Waals surface area (Å²) in [7, 11) is 0. The van der Waals surface area contributed by atoms with Crippen LogP contribution in [-0.2, 0) is 4.79 Å². The summed E-state index contributed by atoms with van der Waals surface area (Å²) in [6.45, 7) is 4.06. The summed E-state index contributed by atoms with van der Waals surface area (Å²) in [5.74, 6) is 1.24. The Morgan fingerprint density at radius 1 is 1.09 bits per heavy atom. The molecule has 0 aliphatic rings. The van der Waals surface area contributed by atoms with Gasteiger partial charge in [0, 0.05) is 10.2 Å². The summed E-state index contributed by atoms with van der Waals surface area (Å²) in [6, 6.07) is 14.7. The number of hydrogen-bond donors (Lipinski definition) is 1. The number of carbonyl (C=O) groups excluding carboxylic acids is 1. The molecule has 0 aliphatic heterocycles. The molecule has 0 bridgehead atoms. The van der Waals surface area contributed by atoms with Crippen molar-refractivity contribution in [3.8, 4) is 11.5 Å². The second kappa shape index (κ2) is 8.58. The van der Waals surface area contributed by atoms with E-state index in [1.54, 1.807) is 12.1 Å². The Kier molecular flexibility index (Phi) is 6.47. The van der Waals surface area contributed by atoms with E-state index in [1.807, 2.05) is 43.3 Å². The fraction of sp³-hybridized carbons (Fsp3) is 0.278. The Balaban J connectivity index is 1.81. The highest BCUT2D eigenvalue weighted by atomic mass is 79.9. The van der Waals surface area contributed by atoms with Crippen LogP contribution in [0.4, 0.5) is 5.69 Å². The summed E-state index contributed by atoms with van der Waals surface area (Å²) in [6.07, 6.45) is 1.13. The van der Waals surface area contributed by atoms with Gasteiger partial charge in [-0.25, -0.2) is 0 Å². The average molecular weight is 378 g/mol. The minimum atomic E-state index is -0.205. The van der Waals surface area contributed by atoms with Gasteiger partial charge in [0.1, 0.15) is 11.5 Å². The third-order valence-electron chi connectivity index (χ3n) is 3.23. The second-order valence-electron chi connectivity index (χ2n) is 5.15. The van der Waals surface area contributed by atoms with Crippen LogP contribution in [0.15, 0.2) is 53.0 Å². The Labute approximate surface area is 144 Å². The van der Waals surface area contributed by atoms with Crippen LogP contribution >= 0.6 is 15.9 Å². The number of halogens is 1. The van der Waals surface area contributed by atoms with Gasteiger partial charge >= 0.3 is 0 Å². The first-order valence-corrected chi connectivity index (χ1v) is 8.31. The molecule has 5 heteroatoms. The van der Waals surface area contributed by atoms with Crippen molar-refractivity contribution >= 4 is 27.5 Å². The lowest BCUT2D eigenvalue weighted by atomic mass is 10.3. The molecule has 0 radical (unpaired) electrons. The Bertz CT molecular complexity index is 626. The molecule has 0 saturated heterocycles. The lowest BCUT2D eigenvalue weighted by Gasteiger charge is -2.13. The van der Waals surface area contributed by atoms with Gasteiger partial charge in [-0.3, -0.25) is 4.79 Å². The number of rotatable bonds is 7. The minimum absolute atomic E-state index is 0.0350. The molecule has 1 amide bonds. The smallest absolute Gasteiger partial charge is 0.262 e.